The van der Waals surface area contributed by atoms with Crippen LogP contribution in [0, 0.1) is 0 Å². The minimum atomic E-state index is 0.460. The van der Waals surface area contributed by atoms with Crippen LogP contribution in [0.25, 0.3) is 0 Å². The minimum absolute atomic E-state index is 0.460. The SMILES string of the molecule is CCCCCC[C@H]1COC(C)=N1. The summed E-state index contributed by atoms with van der Waals surface area (Å²) in [5.41, 5.74) is 0. The van der Waals surface area contributed by atoms with E-state index < -0.39 is 0 Å². The fourth-order valence-electron chi connectivity index (χ4n) is 1.50. The van der Waals surface area contributed by atoms with Gasteiger partial charge in [0, 0.05) is 6.92 Å². The number of nitrogens with zero attached hydrogens (tertiary/aromatic N) is 1. The Morgan fingerprint density at radius 3 is 2.83 bits per heavy atom. The highest BCUT2D eigenvalue weighted by molar-refractivity contribution is 5.74. The van der Waals surface area contributed by atoms with Gasteiger partial charge in [0.1, 0.15) is 6.61 Å². The lowest BCUT2D eigenvalue weighted by atomic mass is 10.1. The quantitative estimate of drug-likeness (QED) is 0.580. The number of unbranched alkanes of at least 4 members (excludes halogenated alkanes) is 3. The van der Waals surface area contributed by atoms with Gasteiger partial charge in [0.25, 0.3) is 0 Å². The summed E-state index contributed by atoms with van der Waals surface area (Å²) >= 11 is 0. The van der Waals surface area contributed by atoms with Crippen LogP contribution < -0.4 is 0 Å². The fourth-order valence-corrected chi connectivity index (χ4v) is 1.50. The molecule has 0 aromatic carbocycles. The highest BCUT2D eigenvalue weighted by Crippen LogP contribution is 2.12. The number of rotatable bonds is 5. The second-order valence-electron chi connectivity index (χ2n) is 3.46. The maximum Gasteiger partial charge on any atom is 0.180 e. The molecule has 1 rings (SSSR count). The molecule has 1 aliphatic rings. The molecular weight excluding hydrogens is 150 g/mol. The smallest absolute Gasteiger partial charge is 0.180 e. The highest BCUT2D eigenvalue weighted by Gasteiger charge is 2.14. The van der Waals surface area contributed by atoms with E-state index in [1.165, 1.54) is 32.1 Å². The Labute approximate surface area is 75.0 Å². The van der Waals surface area contributed by atoms with Gasteiger partial charge >= 0.3 is 0 Å². The van der Waals surface area contributed by atoms with Gasteiger partial charge in [-0.05, 0) is 6.42 Å². The molecule has 0 amide bonds. The van der Waals surface area contributed by atoms with Crippen LogP contribution in [-0.2, 0) is 4.74 Å². The van der Waals surface area contributed by atoms with Crippen molar-refractivity contribution >= 4 is 5.90 Å². The van der Waals surface area contributed by atoms with E-state index in [9.17, 15) is 0 Å². The van der Waals surface area contributed by atoms with Crippen LogP contribution in [0.3, 0.4) is 0 Å². The van der Waals surface area contributed by atoms with Gasteiger partial charge in [-0.3, -0.25) is 0 Å². The van der Waals surface area contributed by atoms with Crippen molar-refractivity contribution < 1.29 is 4.74 Å². The van der Waals surface area contributed by atoms with E-state index in [0.29, 0.717) is 6.04 Å². The molecule has 0 aliphatic carbocycles. The summed E-state index contributed by atoms with van der Waals surface area (Å²) in [5.74, 6) is 0.871. The van der Waals surface area contributed by atoms with Crippen molar-refractivity contribution in [2.45, 2.75) is 52.0 Å². The topological polar surface area (TPSA) is 21.6 Å². The highest BCUT2D eigenvalue weighted by atomic mass is 16.5. The molecule has 12 heavy (non-hydrogen) atoms. The molecule has 1 atom stereocenters. The summed E-state index contributed by atoms with van der Waals surface area (Å²) in [5, 5.41) is 0. The lowest BCUT2D eigenvalue weighted by Crippen LogP contribution is -2.05. The molecule has 0 spiro atoms. The fraction of sp³-hybridized carbons (Fsp3) is 0.900. The largest absolute Gasteiger partial charge is 0.479 e. The van der Waals surface area contributed by atoms with E-state index in [1.54, 1.807) is 0 Å². The van der Waals surface area contributed by atoms with Crippen molar-refractivity contribution in [3.8, 4) is 0 Å². The Morgan fingerprint density at radius 1 is 1.42 bits per heavy atom. The van der Waals surface area contributed by atoms with E-state index in [0.717, 1.165) is 12.5 Å². The summed E-state index contributed by atoms with van der Waals surface area (Å²) in [4.78, 5) is 4.38. The summed E-state index contributed by atoms with van der Waals surface area (Å²) in [6, 6.07) is 0.460. The summed E-state index contributed by atoms with van der Waals surface area (Å²) < 4.78 is 5.27. The molecule has 0 unspecified atom stereocenters. The second-order valence-corrected chi connectivity index (χ2v) is 3.46. The third-order valence-electron chi connectivity index (χ3n) is 2.24. The molecule has 1 heterocycles. The average Bonchev–Trinajstić information content (AvgIpc) is 2.45. The first-order valence-corrected chi connectivity index (χ1v) is 5.00. The van der Waals surface area contributed by atoms with E-state index in [2.05, 4.69) is 11.9 Å². The number of ether oxygens (including phenoxy) is 1. The number of hydrogen-bond acceptors (Lipinski definition) is 2. The van der Waals surface area contributed by atoms with Gasteiger partial charge in [-0.2, -0.15) is 0 Å². The van der Waals surface area contributed by atoms with Gasteiger partial charge in [-0.25, -0.2) is 4.99 Å². The Hall–Kier alpha value is -0.530. The third-order valence-corrected chi connectivity index (χ3v) is 2.24. The summed E-state index contributed by atoms with van der Waals surface area (Å²) in [6.45, 7) is 4.99. The molecule has 0 saturated heterocycles. The normalized spacial score (nSPS) is 22.2. The maximum atomic E-state index is 5.27. The van der Waals surface area contributed by atoms with Crippen molar-refractivity contribution in [2.75, 3.05) is 6.61 Å². The first kappa shape index (κ1) is 9.56. The molecule has 0 bridgehead atoms. The first-order valence-electron chi connectivity index (χ1n) is 5.00. The van der Waals surface area contributed by atoms with Gasteiger partial charge in [0.15, 0.2) is 5.90 Å². The number of aliphatic imine (C=N–C) groups is 1. The standard InChI is InChI=1S/C10H19NO/c1-3-4-5-6-7-10-8-12-9(2)11-10/h10H,3-8H2,1-2H3/t10-/m0/s1. The predicted molar refractivity (Wildman–Crippen MR) is 51.6 cm³/mol. The first-order chi connectivity index (χ1) is 5.83. The van der Waals surface area contributed by atoms with Crippen molar-refractivity contribution in [1.82, 2.24) is 0 Å². The average molecular weight is 169 g/mol. The molecule has 2 nitrogen and oxygen atoms in total. The predicted octanol–water partition coefficient (Wildman–Crippen LogP) is 2.77. The molecule has 0 aromatic rings. The zero-order valence-electron chi connectivity index (χ0n) is 8.18. The molecule has 0 fully saturated rings. The lowest BCUT2D eigenvalue weighted by Gasteiger charge is -2.03. The molecule has 0 N–H and O–H groups in total. The third kappa shape index (κ3) is 3.24. The Kier molecular flexibility index (Phi) is 4.12. The molecule has 1 aliphatic heterocycles. The van der Waals surface area contributed by atoms with Gasteiger partial charge in [-0.15, -0.1) is 0 Å². The Balaban J connectivity index is 2.01. The van der Waals surface area contributed by atoms with Crippen molar-refractivity contribution in [3.05, 3.63) is 0 Å². The van der Waals surface area contributed by atoms with Crippen molar-refractivity contribution in [2.24, 2.45) is 4.99 Å². The van der Waals surface area contributed by atoms with E-state index >= 15 is 0 Å². The zero-order chi connectivity index (χ0) is 8.81. The second kappa shape index (κ2) is 5.18. The van der Waals surface area contributed by atoms with Crippen LogP contribution in [0.2, 0.25) is 0 Å². The van der Waals surface area contributed by atoms with E-state index in [-0.39, 0.29) is 0 Å². The van der Waals surface area contributed by atoms with Crippen LogP contribution in [0.1, 0.15) is 46.0 Å². The monoisotopic (exact) mass is 169 g/mol. The number of hydrogen-bond donors (Lipinski definition) is 0. The van der Waals surface area contributed by atoms with Crippen LogP contribution in [0.5, 0.6) is 0 Å². The zero-order valence-corrected chi connectivity index (χ0v) is 8.18. The molecule has 0 saturated carbocycles. The molecule has 0 aromatic heterocycles. The van der Waals surface area contributed by atoms with Crippen LogP contribution >= 0.6 is 0 Å². The van der Waals surface area contributed by atoms with E-state index in [1.807, 2.05) is 6.92 Å². The van der Waals surface area contributed by atoms with Crippen LogP contribution in [0.4, 0.5) is 0 Å². The Morgan fingerprint density at radius 2 is 2.25 bits per heavy atom. The van der Waals surface area contributed by atoms with Crippen molar-refractivity contribution in [1.29, 1.82) is 0 Å². The summed E-state index contributed by atoms with van der Waals surface area (Å²) in [7, 11) is 0. The molecule has 2 heteroatoms. The van der Waals surface area contributed by atoms with Crippen LogP contribution in [-0.4, -0.2) is 18.5 Å². The van der Waals surface area contributed by atoms with Gasteiger partial charge in [0.05, 0.1) is 6.04 Å². The van der Waals surface area contributed by atoms with E-state index in [4.69, 9.17) is 4.74 Å². The molecular formula is C10H19NO. The maximum absolute atomic E-state index is 5.27. The van der Waals surface area contributed by atoms with Crippen molar-refractivity contribution in [3.63, 3.8) is 0 Å². The van der Waals surface area contributed by atoms with Crippen LogP contribution in [0.15, 0.2) is 4.99 Å². The molecule has 70 valence electrons. The molecule has 0 radical (unpaired) electrons. The Bertz CT molecular complexity index is 154. The van der Waals surface area contributed by atoms with Gasteiger partial charge < -0.3 is 4.74 Å². The van der Waals surface area contributed by atoms with Gasteiger partial charge in [-0.1, -0.05) is 32.6 Å². The summed E-state index contributed by atoms with van der Waals surface area (Å²) in [6.07, 6.45) is 6.53. The van der Waals surface area contributed by atoms with Gasteiger partial charge in [0.2, 0.25) is 0 Å². The minimum Gasteiger partial charge on any atom is -0.479 e. The lowest BCUT2D eigenvalue weighted by molar-refractivity contribution is 0.307.